The summed E-state index contributed by atoms with van der Waals surface area (Å²) in [6.45, 7) is 0. The highest BCUT2D eigenvalue weighted by Crippen LogP contribution is 2.38. The molecule has 3 aromatic heterocycles. The first kappa shape index (κ1) is 12.3. The molecule has 0 radical (unpaired) electrons. The van der Waals surface area contributed by atoms with Gasteiger partial charge in [0.05, 0.1) is 5.39 Å². The van der Waals surface area contributed by atoms with E-state index in [1.165, 1.54) is 35.1 Å². The van der Waals surface area contributed by atoms with Gasteiger partial charge >= 0.3 is 0 Å². The van der Waals surface area contributed by atoms with Gasteiger partial charge in [-0.3, -0.25) is 4.40 Å². The van der Waals surface area contributed by atoms with E-state index in [9.17, 15) is 0 Å². The van der Waals surface area contributed by atoms with Crippen molar-refractivity contribution >= 4 is 27.2 Å². The molecule has 1 aliphatic carbocycles. The summed E-state index contributed by atoms with van der Waals surface area (Å²) in [4.78, 5) is 7.55. The van der Waals surface area contributed by atoms with E-state index in [0.29, 0.717) is 0 Å². The third-order valence-electron chi connectivity index (χ3n) is 4.39. The van der Waals surface area contributed by atoms with Gasteiger partial charge in [-0.15, -0.1) is 21.5 Å². The molecule has 22 heavy (non-hydrogen) atoms. The molecule has 0 fully saturated rings. The van der Waals surface area contributed by atoms with Crippen LogP contribution in [0.2, 0.25) is 0 Å². The standard InChI is InChI=1S/C17H14N4S/c1-2-6-11(7-3-1)15-19-17-14(16-20-18-10-21(15)16)12-8-4-5-9-13(12)22-17/h1-3,6-7,10H,4-5,8-9H2. The van der Waals surface area contributed by atoms with Gasteiger partial charge in [-0.25, -0.2) is 4.98 Å². The van der Waals surface area contributed by atoms with Crippen LogP contribution in [-0.4, -0.2) is 19.6 Å². The molecule has 0 saturated carbocycles. The molecule has 5 heteroatoms. The maximum Gasteiger partial charge on any atom is 0.172 e. The lowest BCUT2D eigenvalue weighted by molar-refractivity contribution is 0.700. The van der Waals surface area contributed by atoms with E-state index in [2.05, 4.69) is 22.3 Å². The van der Waals surface area contributed by atoms with E-state index in [-0.39, 0.29) is 0 Å². The Kier molecular flexibility index (Phi) is 2.58. The number of thiophene rings is 1. The molecule has 4 nitrogen and oxygen atoms in total. The summed E-state index contributed by atoms with van der Waals surface area (Å²) in [5.74, 6) is 0.923. The summed E-state index contributed by atoms with van der Waals surface area (Å²) >= 11 is 1.83. The van der Waals surface area contributed by atoms with Crippen LogP contribution in [0.5, 0.6) is 0 Å². The van der Waals surface area contributed by atoms with Crippen LogP contribution >= 0.6 is 11.3 Å². The Morgan fingerprint density at radius 2 is 1.91 bits per heavy atom. The van der Waals surface area contributed by atoms with Crippen LogP contribution in [0.3, 0.4) is 0 Å². The summed E-state index contributed by atoms with van der Waals surface area (Å²) < 4.78 is 2.03. The highest BCUT2D eigenvalue weighted by Gasteiger charge is 2.21. The first-order chi connectivity index (χ1) is 10.9. The number of hydrogen-bond acceptors (Lipinski definition) is 4. The van der Waals surface area contributed by atoms with Crippen LogP contribution in [-0.2, 0) is 12.8 Å². The largest absolute Gasteiger partial charge is 0.264 e. The zero-order chi connectivity index (χ0) is 14.5. The van der Waals surface area contributed by atoms with Crippen LogP contribution in [0.25, 0.3) is 27.3 Å². The summed E-state index contributed by atoms with van der Waals surface area (Å²) in [6, 6.07) is 10.3. The molecule has 0 N–H and O–H groups in total. The van der Waals surface area contributed by atoms with Crippen molar-refractivity contribution in [1.29, 1.82) is 0 Å². The fraction of sp³-hybridized carbons (Fsp3) is 0.235. The zero-order valence-corrected chi connectivity index (χ0v) is 12.8. The lowest BCUT2D eigenvalue weighted by atomic mass is 9.97. The van der Waals surface area contributed by atoms with Gasteiger partial charge in [-0.1, -0.05) is 30.3 Å². The molecule has 4 aromatic rings. The molecule has 1 aliphatic rings. The molecule has 5 rings (SSSR count). The topological polar surface area (TPSA) is 43.1 Å². The highest BCUT2D eigenvalue weighted by molar-refractivity contribution is 7.19. The number of nitrogens with zero attached hydrogens (tertiary/aromatic N) is 4. The Morgan fingerprint density at radius 3 is 2.82 bits per heavy atom. The van der Waals surface area contributed by atoms with Gasteiger partial charge in [0.15, 0.2) is 5.65 Å². The van der Waals surface area contributed by atoms with Crippen LogP contribution in [0.15, 0.2) is 36.7 Å². The smallest absolute Gasteiger partial charge is 0.172 e. The van der Waals surface area contributed by atoms with Gasteiger partial charge in [0.1, 0.15) is 17.0 Å². The van der Waals surface area contributed by atoms with Crippen molar-refractivity contribution in [2.45, 2.75) is 25.7 Å². The van der Waals surface area contributed by atoms with Crippen molar-refractivity contribution < 1.29 is 0 Å². The maximum atomic E-state index is 4.95. The first-order valence-corrected chi connectivity index (χ1v) is 8.43. The Morgan fingerprint density at radius 1 is 1.05 bits per heavy atom. The molecule has 0 amide bonds. The Balaban J connectivity index is 1.90. The summed E-state index contributed by atoms with van der Waals surface area (Å²) in [7, 11) is 0. The molecule has 0 atom stereocenters. The number of hydrogen-bond donors (Lipinski definition) is 0. The Labute approximate surface area is 131 Å². The van der Waals surface area contributed by atoms with Gasteiger partial charge < -0.3 is 0 Å². The minimum atomic E-state index is 0.923. The molecule has 108 valence electrons. The number of benzene rings is 1. The summed E-state index contributed by atoms with van der Waals surface area (Å²) in [5.41, 5.74) is 3.50. The zero-order valence-electron chi connectivity index (χ0n) is 12.0. The minimum absolute atomic E-state index is 0.923. The number of aromatic nitrogens is 4. The van der Waals surface area contributed by atoms with E-state index in [0.717, 1.165) is 28.3 Å². The fourth-order valence-electron chi connectivity index (χ4n) is 3.36. The Hall–Kier alpha value is -2.27. The van der Waals surface area contributed by atoms with Gasteiger partial charge in [-0.2, -0.15) is 0 Å². The van der Waals surface area contributed by atoms with Gasteiger partial charge in [0.2, 0.25) is 0 Å². The second kappa shape index (κ2) is 4.61. The monoisotopic (exact) mass is 306 g/mol. The molecule has 0 saturated heterocycles. The summed E-state index contributed by atoms with van der Waals surface area (Å²) in [6.07, 6.45) is 6.65. The number of rotatable bonds is 1. The van der Waals surface area contributed by atoms with E-state index < -0.39 is 0 Å². The summed E-state index contributed by atoms with van der Waals surface area (Å²) in [5, 5.41) is 9.76. The van der Waals surface area contributed by atoms with Crippen molar-refractivity contribution in [2.24, 2.45) is 0 Å². The first-order valence-electron chi connectivity index (χ1n) is 7.61. The normalized spacial score (nSPS) is 14.5. The molecule has 3 heterocycles. The minimum Gasteiger partial charge on any atom is -0.264 e. The molecule has 0 bridgehead atoms. The molecule has 1 aromatic carbocycles. The number of aryl methyl sites for hydroxylation is 2. The molecular formula is C17H14N4S. The van der Waals surface area contributed by atoms with Crippen LogP contribution in [0.4, 0.5) is 0 Å². The van der Waals surface area contributed by atoms with Crippen molar-refractivity contribution in [3.8, 4) is 11.4 Å². The van der Waals surface area contributed by atoms with E-state index in [1.54, 1.807) is 6.33 Å². The third-order valence-corrected chi connectivity index (χ3v) is 5.58. The van der Waals surface area contributed by atoms with Crippen LogP contribution in [0.1, 0.15) is 23.3 Å². The average molecular weight is 306 g/mol. The van der Waals surface area contributed by atoms with Gasteiger partial charge in [0.25, 0.3) is 0 Å². The van der Waals surface area contributed by atoms with Gasteiger partial charge in [0, 0.05) is 10.4 Å². The quantitative estimate of drug-likeness (QED) is 0.536. The molecule has 0 spiro atoms. The predicted octanol–water partition coefficient (Wildman–Crippen LogP) is 3.88. The van der Waals surface area contributed by atoms with Crippen molar-refractivity contribution in [1.82, 2.24) is 19.6 Å². The van der Waals surface area contributed by atoms with Crippen LogP contribution in [0, 0.1) is 0 Å². The SMILES string of the molecule is c1ccc(-c2nc3sc4c(c3c3nncn23)CCCC4)cc1. The van der Waals surface area contributed by atoms with Crippen molar-refractivity contribution in [3.05, 3.63) is 47.1 Å². The van der Waals surface area contributed by atoms with E-state index >= 15 is 0 Å². The average Bonchev–Trinajstić information content (AvgIpc) is 3.18. The number of fused-ring (bicyclic) bond motifs is 5. The molecule has 0 aliphatic heterocycles. The predicted molar refractivity (Wildman–Crippen MR) is 88.2 cm³/mol. The second-order valence-corrected chi connectivity index (χ2v) is 6.80. The Bertz CT molecular complexity index is 984. The molecule has 0 unspecified atom stereocenters. The van der Waals surface area contributed by atoms with Crippen molar-refractivity contribution in [3.63, 3.8) is 0 Å². The fourth-order valence-corrected chi connectivity index (χ4v) is 4.62. The molecular weight excluding hydrogens is 292 g/mol. The lowest BCUT2D eigenvalue weighted by Gasteiger charge is -2.10. The van der Waals surface area contributed by atoms with E-state index in [4.69, 9.17) is 4.98 Å². The van der Waals surface area contributed by atoms with Gasteiger partial charge in [-0.05, 0) is 31.2 Å². The van der Waals surface area contributed by atoms with Crippen LogP contribution < -0.4 is 0 Å². The lowest BCUT2D eigenvalue weighted by Crippen LogP contribution is -2.00. The van der Waals surface area contributed by atoms with E-state index in [1.807, 2.05) is 33.9 Å². The highest BCUT2D eigenvalue weighted by atomic mass is 32.1. The maximum absolute atomic E-state index is 4.95. The second-order valence-electron chi connectivity index (χ2n) is 5.72. The third kappa shape index (κ3) is 1.66. The van der Waals surface area contributed by atoms with Crippen molar-refractivity contribution in [2.75, 3.05) is 0 Å².